The maximum atomic E-state index is 2.63. The molecule has 1 atom stereocenters. The zero-order chi connectivity index (χ0) is 40.3. The second kappa shape index (κ2) is 12.8. The summed E-state index contributed by atoms with van der Waals surface area (Å²) in [5, 5.41) is 0. The highest BCUT2D eigenvalue weighted by atomic mass is 15.2. The minimum atomic E-state index is -0.147. The fraction of sp³-hybridized carbons (Fsp3) is 0.193. The molecule has 0 aromatic heterocycles. The molecule has 11 rings (SSSR count). The number of fused-ring (bicyclic) bond motifs is 7. The van der Waals surface area contributed by atoms with Crippen LogP contribution in [0.4, 0.5) is 28.4 Å². The summed E-state index contributed by atoms with van der Waals surface area (Å²) in [4.78, 5) is 5.06. The molecule has 0 saturated carbocycles. The third-order valence-electron chi connectivity index (χ3n) is 14.3. The highest BCUT2D eigenvalue weighted by Crippen LogP contribution is 2.62. The van der Waals surface area contributed by atoms with Crippen molar-refractivity contribution in [2.75, 3.05) is 9.80 Å². The van der Waals surface area contributed by atoms with Crippen molar-refractivity contribution in [1.82, 2.24) is 0 Å². The van der Waals surface area contributed by atoms with Crippen molar-refractivity contribution in [2.24, 2.45) is 5.92 Å². The molecule has 0 fully saturated rings. The predicted octanol–water partition coefficient (Wildman–Crippen LogP) is 15.2. The average molecular weight is 763 g/mol. The summed E-state index contributed by atoms with van der Waals surface area (Å²) in [5.41, 5.74) is 22.1. The van der Waals surface area contributed by atoms with Gasteiger partial charge in [0.2, 0.25) is 0 Å². The van der Waals surface area contributed by atoms with Gasteiger partial charge in [0.25, 0.3) is 0 Å². The fourth-order valence-electron chi connectivity index (χ4n) is 11.0. The van der Waals surface area contributed by atoms with E-state index in [0.29, 0.717) is 5.92 Å². The van der Waals surface area contributed by atoms with E-state index >= 15 is 0 Å². The Morgan fingerprint density at radius 1 is 0.458 bits per heavy atom. The Morgan fingerprint density at radius 2 is 1.05 bits per heavy atom. The first kappa shape index (κ1) is 35.8. The van der Waals surface area contributed by atoms with Crippen molar-refractivity contribution in [1.29, 1.82) is 0 Å². The van der Waals surface area contributed by atoms with E-state index in [4.69, 9.17) is 0 Å². The highest BCUT2D eigenvalue weighted by Gasteiger charge is 2.51. The van der Waals surface area contributed by atoms with Crippen LogP contribution in [0.1, 0.15) is 75.8 Å². The van der Waals surface area contributed by atoms with Gasteiger partial charge in [-0.15, -0.1) is 0 Å². The first-order valence-electron chi connectivity index (χ1n) is 21.3. The average Bonchev–Trinajstić information content (AvgIpc) is 3.49. The van der Waals surface area contributed by atoms with Gasteiger partial charge < -0.3 is 9.80 Å². The van der Waals surface area contributed by atoms with Crippen molar-refractivity contribution in [3.63, 3.8) is 0 Å². The molecule has 2 aliphatic carbocycles. The third-order valence-corrected chi connectivity index (χ3v) is 14.3. The van der Waals surface area contributed by atoms with E-state index in [0.717, 1.165) is 17.8 Å². The van der Waals surface area contributed by atoms with Gasteiger partial charge in [-0.05, 0) is 122 Å². The molecule has 288 valence electrons. The normalized spacial score (nSPS) is 18.5. The quantitative estimate of drug-likeness (QED) is 0.172. The van der Waals surface area contributed by atoms with E-state index in [2.05, 4.69) is 227 Å². The van der Waals surface area contributed by atoms with Crippen LogP contribution in [-0.2, 0) is 16.2 Å². The van der Waals surface area contributed by atoms with Crippen LogP contribution in [0.3, 0.4) is 0 Å². The maximum absolute atomic E-state index is 2.63. The van der Waals surface area contributed by atoms with Gasteiger partial charge in [-0.25, -0.2) is 0 Å². The number of nitrogens with zero attached hydrogens (tertiary/aromatic N) is 2. The van der Waals surface area contributed by atoms with Crippen LogP contribution in [0.2, 0.25) is 0 Å². The largest absolute Gasteiger partial charge is 0.313 e. The lowest BCUT2D eigenvalue weighted by atomic mass is 9.59. The smallest absolute Gasteiger partial charge is 0.0499 e. The molecular formula is C57H50N2. The Balaban J connectivity index is 1.03. The lowest BCUT2D eigenvalue weighted by Crippen LogP contribution is -2.47. The van der Waals surface area contributed by atoms with Gasteiger partial charge in [-0.2, -0.15) is 0 Å². The summed E-state index contributed by atoms with van der Waals surface area (Å²) < 4.78 is 0. The van der Waals surface area contributed by atoms with E-state index < -0.39 is 0 Å². The summed E-state index contributed by atoms with van der Waals surface area (Å²) in [6, 6.07) is 63.4. The van der Waals surface area contributed by atoms with Crippen molar-refractivity contribution >= 4 is 34.0 Å². The molecule has 7 aromatic rings. The number of benzene rings is 7. The van der Waals surface area contributed by atoms with Gasteiger partial charge in [0.1, 0.15) is 0 Å². The molecular weight excluding hydrogens is 713 g/mol. The zero-order valence-corrected chi connectivity index (χ0v) is 34.9. The molecule has 7 aromatic carbocycles. The molecule has 0 saturated heterocycles. The predicted molar refractivity (Wildman–Crippen MR) is 248 cm³/mol. The summed E-state index contributed by atoms with van der Waals surface area (Å²) in [6.07, 6.45) is 3.52. The van der Waals surface area contributed by atoms with Crippen LogP contribution in [0, 0.1) is 5.92 Å². The number of allylic oxidation sites excluding steroid dienone is 4. The van der Waals surface area contributed by atoms with E-state index in [9.17, 15) is 0 Å². The highest BCUT2D eigenvalue weighted by molar-refractivity contribution is 5.89. The lowest BCUT2D eigenvalue weighted by Gasteiger charge is -2.55. The van der Waals surface area contributed by atoms with Crippen molar-refractivity contribution < 1.29 is 0 Å². The van der Waals surface area contributed by atoms with Crippen LogP contribution in [0.25, 0.3) is 27.8 Å². The number of para-hydroxylation sites is 2. The molecule has 59 heavy (non-hydrogen) atoms. The topological polar surface area (TPSA) is 6.48 Å². The molecule has 0 amide bonds. The molecule has 2 heteroatoms. The number of hydrogen-bond acceptors (Lipinski definition) is 2. The van der Waals surface area contributed by atoms with Gasteiger partial charge in [-0.3, -0.25) is 0 Å². The number of anilines is 5. The monoisotopic (exact) mass is 762 g/mol. The van der Waals surface area contributed by atoms with Crippen LogP contribution in [-0.4, -0.2) is 0 Å². The Kier molecular flexibility index (Phi) is 7.76. The Hall–Kier alpha value is -6.38. The van der Waals surface area contributed by atoms with Crippen molar-refractivity contribution in [2.45, 2.75) is 64.2 Å². The first-order chi connectivity index (χ1) is 28.5. The molecule has 0 N–H and O–H groups in total. The standard InChI is InChI=1S/C57H50N2/c1-55(2)46-22-14-13-21-44(46)45-31-27-39(33-48(45)55)38-25-28-42(29-26-38)58(41-19-11-8-12-20-41)43-30-32-53-49(36-43)57(5,6)51-35-40(37-17-9-7-10-18-37)34-50-54(51)59(53)52-24-16-15-23-47(52)56(50,3)4/h7-34,36,51H,35H2,1-6H3. The van der Waals surface area contributed by atoms with Crippen molar-refractivity contribution in [3.8, 4) is 22.3 Å². The minimum absolute atomic E-state index is 0.0339. The summed E-state index contributed by atoms with van der Waals surface area (Å²) in [6.45, 7) is 14.5. The van der Waals surface area contributed by atoms with Crippen LogP contribution < -0.4 is 9.80 Å². The SMILES string of the molecule is CC1(C)C2=C3C(CC(c4ccccc4)=C2)C(C)(C)c2cc(N(c4ccccc4)c4ccc(-c5ccc6c(c5)C(C)(C)c5ccccc5-6)cc4)ccc2N3c2ccccc21. The van der Waals surface area contributed by atoms with Crippen LogP contribution in [0.15, 0.2) is 187 Å². The third kappa shape index (κ3) is 5.25. The summed E-state index contributed by atoms with van der Waals surface area (Å²) in [5.74, 6) is 0.294. The van der Waals surface area contributed by atoms with E-state index in [1.807, 2.05) is 0 Å². The van der Waals surface area contributed by atoms with E-state index in [1.165, 1.54) is 84.0 Å². The second-order valence-electron chi connectivity index (χ2n) is 18.6. The maximum Gasteiger partial charge on any atom is 0.0499 e. The molecule has 4 aliphatic rings. The summed E-state index contributed by atoms with van der Waals surface area (Å²) in [7, 11) is 0. The van der Waals surface area contributed by atoms with Gasteiger partial charge >= 0.3 is 0 Å². The number of hydrogen-bond donors (Lipinski definition) is 0. The Labute approximate surface area is 349 Å². The number of rotatable bonds is 5. The van der Waals surface area contributed by atoms with Gasteiger partial charge in [0.15, 0.2) is 0 Å². The molecule has 2 nitrogen and oxygen atoms in total. The molecule has 1 unspecified atom stereocenters. The van der Waals surface area contributed by atoms with Crippen molar-refractivity contribution in [3.05, 3.63) is 215 Å². The van der Waals surface area contributed by atoms with Crippen LogP contribution in [0.5, 0.6) is 0 Å². The zero-order valence-electron chi connectivity index (χ0n) is 34.9. The molecule has 2 heterocycles. The fourth-order valence-corrected chi connectivity index (χ4v) is 11.0. The minimum Gasteiger partial charge on any atom is -0.313 e. The summed E-state index contributed by atoms with van der Waals surface area (Å²) >= 11 is 0. The van der Waals surface area contributed by atoms with E-state index in [1.54, 1.807) is 0 Å². The molecule has 0 spiro atoms. The van der Waals surface area contributed by atoms with Gasteiger partial charge in [-0.1, -0.05) is 163 Å². The first-order valence-corrected chi connectivity index (χ1v) is 21.3. The lowest BCUT2D eigenvalue weighted by molar-refractivity contribution is 0.343. The molecule has 0 radical (unpaired) electrons. The van der Waals surface area contributed by atoms with E-state index in [-0.39, 0.29) is 16.2 Å². The van der Waals surface area contributed by atoms with Gasteiger partial charge in [0, 0.05) is 56.3 Å². The molecule has 2 aliphatic heterocycles. The van der Waals surface area contributed by atoms with Gasteiger partial charge in [0.05, 0.1) is 0 Å². The second-order valence-corrected chi connectivity index (χ2v) is 18.6. The molecule has 0 bridgehead atoms. The Bertz CT molecular complexity index is 2870. The van der Waals surface area contributed by atoms with Crippen LogP contribution >= 0.6 is 0 Å². The Morgan fingerprint density at radius 3 is 1.81 bits per heavy atom.